The fourth-order valence-electron chi connectivity index (χ4n) is 1.59. The first-order valence-electron chi connectivity index (χ1n) is 5.55. The summed E-state index contributed by atoms with van der Waals surface area (Å²) >= 11 is 12.0. The fraction of sp³-hybridized carbons (Fsp3) is 0.308. The van der Waals surface area contributed by atoms with E-state index in [0.29, 0.717) is 24.3 Å². The van der Waals surface area contributed by atoms with Gasteiger partial charge in [0.2, 0.25) is 0 Å². The Bertz CT molecular complexity index is 486. The first kappa shape index (κ1) is 14.9. The number of nitrogen functional groups attached to an aromatic ring is 1. The molecule has 0 aromatic heterocycles. The van der Waals surface area contributed by atoms with Crippen molar-refractivity contribution in [3.8, 4) is 0 Å². The first-order chi connectivity index (χ1) is 8.36. The van der Waals surface area contributed by atoms with Crippen LogP contribution in [0.5, 0.6) is 0 Å². The van der Waals surface area contributed by atoms with Crippen LogP contribution in [0.2, 0.25) is 10.0 Å². The highest BCUT2D eigenvalue weighted by molar-refractivity contribution is 6.44. The molecule has 1 aromatic carbocycles. The summed E-state index contributed by atoms with van der Waals surface area (Å²) in [7, 11) is 0. The Balaban J connectivity index is 3.12. The molecule has 0 fully saturated rings. The largest absolute Gasteiger partial charge is 0.399 e. The molecule has 0 atom stereocenters. The number of carbonyl (C=O) groups is 1. The minimum absolute atomic E-state index is 0.195. The maximum Gasteiger partial charge on any atom is 0.255 e. The number of hydrogen-bond acceptors (Lipinski definition) is 2. The summed E-state index contributed by atoms with van der Waals surface area (Å²) in [6.07, 6.45) is 0. The Hall–Kier alpha value is -1.19. The van der Waals surface area contributed by atoms with Crippen LogP contribution >= 0.6 is 23.2 Å². The number of anilines is 1. The molecule has 0 saturated heterocycles. The second-order valence-corrected chi connectivity index (χ2v) is 4.93. The normalized spacial score (nSPS) is 10.2. The van der Waals surface area contributed by atoms with Crippen LogP contribution in [0.1, 0.15) is 24.2 Å². The van der Waals surface area contributed by atoms with Crippen molar-refractivity contribution < 1.29 is 4.79 Å². The molecule has 98 valence electrons. The molecular weight excluding hydrogens is 271 g/mol. The summed E-state index contributed by atoms with van der Waals surface area (Å²) in [4.78, 5) is 14.0. The van der Waals surface area contributed by atoms with E-state index in [4.69, 9.17) is 28.9 Å². The number of likely N-dealkylation sites (N-methyl/N-ethyl adjacent to an activating group) is 1. The lowest BCUT2D eigenvalue weighted by Gasteiger charge is -2.22. The van der Waals surface area contributed by atoms with Crippen LogP contribution in [-0.4, -0.2) is 23.9 Å². The molecule has 0 aliphatic rings. The first-order valence-corrected chi connectivity index (χ1v) is 6.30. The SMILES string of the molecule is C=C(C)CN(CC)C(=O)c1cc(N)cc(Cl)c1Cl. The predicted molar refractivity (Wildman–Crippen MR) is 77.3 cm³/mol. The predicted octanol–water partition coefficient (Wildman–Crippen LogP) is 3.61. The summed E-state index contributed by atoms with van der Waals surface area (Å²) in [5.41, 5.74) is 7.32. The van der Waals surface area contributed by atoms with E-state index < -0.39 is 0 Å². The molecule has 0 heterocycles. The quantitative estimate of drug-likeness (QED) is 0.679. The fourth-order valence-corrected chi connectivity index (χ4v) is 2.01. The van der Waals surface area contributed by atoms with Crippen molar-refractivity contribution in [3.05, 3.63) is 39.9 Å². The van der Waals surface area contributed by atoms with Gasteiger partial charge in [0, 0.05) is 18.8 Å². The van der Waals surface area contributed by atoms with E-state index in [1.807, 2.05) is 13.8 Å². The van der Waals surface area contributed by atoms with Crippen molar-refractivity contribution in [1.29, 1.82) is 0 Å². The zero-order valence-corrected chi connectivity index (χ0v) is 12.0. The topological polar surface area (TPSA) is 46.3 Å². The van der Waals surface area contributed by atoms with Crippen molar-refractivity contribution in [2.75, 3.05) is 18.8 Å². The molecule has 0 bridgehead atoms. The van der Waals surface area contributed by atoms with Crippen molar-refractivity contribution in [2.24, 2.45) is 0 Å². The summed E-state index contributed by atoms with van der Waals surface area (Å²) in [5, 5.41) is 0.516. The van der Waals surface area contributed by atoms with Crippen LogP contribution in [0.4, 0.5) is 5.69 Å². The zero-order valence-electron chi connectivity index (χ0n) is 10.5. The molecule has 3 nitrogen and oxygen atoms in total. The van der Waals surface area contributed by atoms with Crippen LogP contribution < -0.4 is 5.73 Å². The highest BCUT2D eigenvalue weighted by atomic mass is 35.5. The highest BCUT2D eigenvalue weighted by Gasteiger charge is 2.19. The van der Waals surface area contributed by atoms with Crippen LogP contribution in [0.3, 0.4) is 0 Å². The van der Waals surface area contributed by atoms with E-state index in [-0.39, 0.29) is 16.0 Å². The van der Waals surface area contributed by atoms with Crippen LogP contribution in [0.15, 0.2) is 24.3 Å². The molecule has 1 rings (SSSR count). The van der Waals surface area contributed by atoms with Crippen LogP contribution in [0, 0.1) is 0 Å². The van der Waals surface area contributed by atoms with Gasteiger partial charge in [0.25, 0.3) is 5.91 Å². The van der Waals surface area contributed by atoms with Crippen LogP contribution in [-0.2, 0) is 0 Å². The number of rotatable bonds is 4. The third-order valence-electron chi connectivity index (χ3n) is 2.41. The summed E-state index contributed by atoms with van der Waals surface area (Å²) in [6, 6.07) is 3.06. The third kappa shape index (κ3) is 3.40. The number of carbonyl (C=O) groups excluding carboxylic acids is 1. The van der Waals surface area contributed by atoms with E-state index in [1.165, 1.54) is 12.1 Å². The Morgan fingerprint density at radius 3 is 2.56 bits per heavy atom. The summed E-state index contributed by atoms with van der Waals surface area (Å²) < 4.78 is 0. The average Bonchev–Trinajstić information content (AvgIpc) is 2.29. The second-order valence-electron chi connectivity index (χ2n) is 4.14. The molecule has 18 heavy (non-hydrogen) atoms. The maximum absolute atomic E-state index is 12.3. The molecule has 0 aliphatic carbocycles. The van der Waals surface area contributed by atoms with Crippen molar-refractivity contribution in [1.82, 2.24) is 4.90 Å². The molecular formula is C13H16Cl2N2O. The molecule has 0 unspecified atom stereocenters. The molecule has 0 saturated carbocycles. The van der Waals surface area contributed by atoms with Gasteiger partial charge in [-0.25, -0.2) is 0 Å². The standard InChI is InChI=1S/C13H16Cl2N2O/c1-4-17(7-8(2)3)13(18)10-5-9(16)6-11(14)12(10)15/h5-6H,2,4,7,16H2,1,3H3. The van der Waals surface area contributed by atoms with Crippen molar-refractivity contribution >= 4 is 34.8 Å². The number of nitrogens with zero attached hydrogens (tertiary/aromatic N) is 1. The monoisotopic (exact) mass is 286 g/mol. The van der Waals surface area contributed by atoms with Gasteiger partial charge in [-0.05, 0) is 26.0 Å². The van der Waals surface area contributed by atoms with Gasteiger partial charge in [-0.1, -0.05) is 35.4 Å². The number of nitrogens with two attached hydrogens (primary N) is 1. The number of benzene rings is 1. The van der Waals surface area contributed by atoms with Gasteiger partial charge in [-0.15, -0.1) is 0 Å². The van der Waals surface area contributed by atoms with Gasteiger partial charge >= 0.3 is 0 Å². The van der Waals surface area contributed by atoms with E-state index in [0.717, 1.165) is 5.57 Å². The van der Waals surface area contributed by atoms with Gasteiger partial charge in [0.05, 0.1) is 15.6 Å². The summed E-state index contributed by atoms with van der Waals surface area (Å²) in [5.74, 6) is -0.195. The van der Waals surface area contributed by atoms with E-state index in [2.05, 4.69) is 6.58 Å². The average molecular weight is 287 g/mol. The lowest BCUT2D eigenvalue weighted by atomic mass is 10.1. The van der Waals surface area contributed by atoms with E-state index in [9.17, 15) is 4.79 Å². The Morgan fingerprint density at radius 1 is 1.44 bits per heavy atom. The molecule has 0 aliphatic heterocycles. The number of amides is 1. The van der Waals surface area contributed by atoms with Gasteiger partial charge < -0.3 is 10.6 Å². The lowest BCUT2D eigenvalue weighted by Crippen LogP contribution is -2.32. The Morgan fingerprint density at radius 2 is 2.06 bits per heavy atom. The Kier molecular flexibility index (Phi) is 5.05. The van der Waals surface area contributed by atoms with Gasteiger partial charge in [-0.2, -0.15) is 0 Å². The maximum atomic E-state index is 12.3. The second kappa shape index (κ2) is 6.12. The van der Waals surface area contributed by atoms with Crippen molar-refractivity contribution in [3.63, 3.8) is 0 Å². The zero-order chi connectivity index (χ0) is 13.9. The van der Waals surface area contributed by atoms with E-state index >= 15 is 0 Å². The number of hydrogen-bond donors (Lipinski definition) is 1. The van der Waals surface area contributed by atoms with Crippen molar-refractivity contribution in [2.45, 2.75) is 13.8 Å². The van der Waals surface area contributed by atoms with Gasteiger partial charge in [-0.3, -0.25) is 4.79 Å². The smallest absolute Gasteiger partial charge is 0.255 e. The molecule has 0 spiro atoms. The van der Waals surface area contributed by atoms with Gasteiger partial charge in [0.15, 0.2) is 0 Å². The molecule has 1 aromatic rings. The summed E-state index contributed by atoms with van der Waals surface area (Å²) in [6.45, 7) is 8.60. The molecule has 5 heteroatoms. The number of halogens is 2. The van der Waals surface area contributed by atoms with Gasteiger partial charge in [0.1, 0.15) is 0 Å². The molecule has 0 radical (unpaired) electrons. The Labute approximate surface area is 117 Å². The third-order valence-corrected chi connectivity index (χ3v) is 3.21. The highest BCUT2D eigenvalue weighted by Crippen LogP contribution is 2.29. The van der Waals surface area contributed by atoms with Crippen LogP contribution in [0.25, 0.3) is 0 Å². The minimum atomic E-state index is -0.195. The van der Waals surface area contributed by atoms with E-state index in [1.54, 1.807) is 4.90 Å². The molecule has 2 N–H and O–H groups in total. The molecule has 1 amide bonds. The lowest BCUT2D eigenvalue weighted by molar-refractivity contribution is 0.0778. The minimum Gasteiger partial charge on any atom is -0.399 e.